The lowest BCUT2D eigenvalue weighted by atomic mass is 9.55. The van der Waals surface area contributed by atoms with E-state index in [4.69, 9.17) is 0 Å². The average molecular weight is 635 g/mol. The van der Waals surface area contributed by atoms with Crippen molar-refractivity contribution in [1.82, 2.24) is 0 Å². The second-order valence-corrected chi connectivity index (χ2v) is 16.1. The fourth-order valence-corrected chi connectivity index (χ4v) is 8.75. The number of rotatable bonds is 5. The molecule has 1 unspecified atom stereocenters. The Kier molecular flexibility index (Phi) is 7.41. The van der Waals surface area contributed by atoms with Crippen molar-refractivity contribution in [1.29, 1.82) is 0 Å². The van der Waals surface area contributed by atoms with E-state index in [0.717, 1.165) is 0 Å². The molecule has 0 heterocycles. The van der Waals surface area contributed by atoms with Gasteiger partial charge in [0.2, 0.25) is 0 Å². The standard InChI is InChI=1S/C49H46/c1-47(2,3)36-25-27-40-41-28-26-37(48(4,5)6)32-44(41)46(43(40)31-36)49(34-19-12-8-13-20-34,35-21-14-9-15-22-35)45-30-29-39-38(23-16-24-42(39)45)33-17-10-7-11-18-33/h7-32,45-46H,1-6H3. The van der Waals surface area contributed by atoms with E-state index in [1.165, 1.54) is 66.8 Å². The summed E-state index contributed by atoms with van der Waals surface area (Å²) in [5.74, 6) is 0.171. The van der Waals surface area contributed by atoms with Gasteiger partial charge in [-0.1, -0.05) is 199 Å². The summed E-state index contributed by atoms with van der Waals surface area (Å²) in [4.78, 5) is 0. The van der Waals surface area contributed by atoms with Gasteiger partial charge in [-0.15, -0.1) is 0 Å². The Hall–Kier alpha value is -4.94. The molecule has 0 fully saturated rings. The van der Waals surface area contributed by atoms with Crippen molar-refractivity contribution in [3.63, 3.8) is 0 Å². The molecule has 0 N–H and O–H groups in total. The van der Waals surface area contributed by atoms with Crippen LogP contribution in [0.2, 0.25) is 0 Å². The molecule has 0 bridgehead atoms. The molecule has 8 rings (SSSR count). The second-order valence-electron chi connectivity index (χ2n) is 16.1. The summed E-state index contributed by atoms with van der Waals surface area (Å²) in [5.41, 5.74) is 15.9. The number of benzene rings is 6. The molecular formula is C49H46. The lowest BCUT2D eigenvalue weighted by Crippen LogP contribution is -2.40. The Morgan fingerprint density at radius 3 is 1.39 bits per heavy atom. The third-order valence-corrected chi connectivity index (χ3v) is 11.2. The fraction of sp³-hybridized carbons (Fsp3) is 0.224. The molecule has 0 radical (unpaired) electrons. The van der Waals surface area contributed by atoms with E-state index in [2.05, 4.69) is 199 Å². The molecule has 0 amide bonds. The smallest absolute Gasteiger partial charge is 0.0415 e. The van der Waals surface area contributed by atoms with Gasteiger partial charge in [-0.2, -0.15) is 0 Å². The highest BCUT2D eigenvalue weighted by atomic mass is 14.5. The molecule has 0 heteroatoms. The van der Waals surface area contributed by atoms with Gasteiger partial charge in [0, 0.05) is 17.3 Å². The molecule has 1 atom stereocenters. The molecule has 0 aliphatic heterocycles. The van der Waals surface area contributed by atoms with Gasteiger partial charge in [-0.25, -0.2) is 0 Å². The van der Waals surface area contributed by atoms with E-state index >= 15 is 0 Å². The van der Waals surface area contributed by atoms with Crippen molar-refractivity contribution in [2.75, 3.05) is 0 Å². The Balaban J connectivity index is 1.50. The summed E-state index contributed by atoms with van der Waals surface area (Å²) in [6.45, 7) is 14.0. The summed E-state index contributed by atoms with van der Waals surface area (Å²) in [6, 6.07) is 55.3. The minimum absolute atomic E-state index is 0.0253. The van der Waals surface area contributed by atoms with Gasteiger partial charge in [0.05, 0.1) is 0 Å². The van der Waals surface area contributed by atoms with E-state index in [9.17, 15) is 0 Å². The van der Waals surface area contributed by atoms with E-state index in [1.54, 1.807) is 0 Å². The number of allylic oxidation sites excluding steroid dienone is 1. The molecule has 2 aliphatic carbocycles. The first-order valence-corrected chi connectivity index (χ1v) is 17.9. The summed E-state index contributed by atoms with van der Waals surface area (Å²) < 4.78 is 0. The van der Waals surface area contributed by atoms with E-state index in [0.29, 0.717) is 0 Å². The molecule has 0 saturated carbocycles. The molecule has 6 aromatic rings. The van der Waals surface area contributed by atoms with Gasteiger partial charge in [-0.05, 0) is 77.6 Å². The van der Waals surface area contributed by atoms with Crippen molar-refractivity contribution < 1.29 is 0 Å². The Labute approximate surface area is 293 Å². The van der Waals surface area contributed by atoms with Gasteiger partial charge in [0.1, 0.15) is 0 Å². The molecule has 242 valence electrons. The zero-order valence-corrected chi connectivity index (χ0v) is 29.7. The van der Waals surface area contributed by atoms with Crippen molar-refractivity contribution in [3.8, 4) is 22.3 Å². The maximum atomic E-state index is 2.55. The van der Waals surface area contributed by atoms with Crippen LogP contribution in [-0.2, 0) is 16.2 Å². The highest BCUT2D eigenvalue weighted by Gasteiger charge is 2.53. The SMILES string of the molecule is CC(C)(C)c1ccc2c(c1)C(C(c1ccccc1)(c1ccccc1)C1C=Cc3c(-c4ccccc4)cccc31)c1cc(C(C)(C)C)ccc1-2. The van der Waals surface area contributed by atoms with E-state index in [1.807, 2.05) is 0 Å². The zero-order chi connectivity index (χ0) is 34.0. The van der Waals surface area contributed by atoms with Crippen molar-refractivity contribution in [2.24, 2.45) is 0 Å². The Morgan fingerprint density at radius 2 is 0.898 bits per heavy atom. The third kappa shape index (κ3) is 5.04. The normalized spacial score (nSPS) is 15.6. The summed E-state index contributed by atoms with van der Waals surface area (Å²) >= 11 is 0. The first kappa shape index (κ1) is 31.3. The molecule has 0 saturated heterocycles. The largest absolute Gasteiger partial charge is 0.0751 e. The van der Waals surface area contributed by atoms with Crippen LogP contribution in [0, 0.1) is 0 Å². The predicted molar refractivity (Wildman–Crippen MR) is 208 cm³/mol. The maximum Gasteiger partial charge on any atom is 0.0415 e. The van der Waals surface area contributed by atoms with Gasteiger partial charge in [0.15, 0.2) is 0 Å². The summed E-state index contributed by atoms with van der Waals surface area (Å²) in [5, 5.41) is 0. The molecule has 0 aromatic heterocycles. The van der Waals surface area contributed by atoms with Crippen molar-refractivity contribution >= 4 is 6.08 Å². The number of hydrogen-bond acceptors (Lipinski definition) is 0. The first-order chi connectivity index (χ1) is 23.6. The van der Waals surface area contributed by atoms with Crippen molar-refractivity contribution in [2.45, 2.75) is 69.6 Å². The molecule has 0 nitrogen and oxygen atoms in total. The topological polar surface area (TPSA) is 0 Å². The quantitative estimate of drug-likeness (QED) is 0.177. The van der Waals surface area contributed by atoms with Crippen LogP contribution >= 0.6 is 0 Å². The van der Waals surface area contributed by atoms with Gasteiger partial charge < -0.3 is 0 Å². The minimum Gasteiger partial charge on any atom is -0.0751 e. The second kappa shape index (κ2) is 11.6. The van der Waals surface area contributed by atoms with Crippen LogP contribution in [0.1, 0.15) is 97.9 Å². The van der Waals surface area contributed by atoms with Crippen LogP contribution in [0.15, 0.2) is 152 Å². The summed E-state index contributed by atoms with van der Waals surface area (Å²) in [7, 11) is 0. The van der Waals surface area contributed by atoms with Crippen molar-refractivity contribution in [3.05, 3.63) is 196 Å². The summed E-state index contributed by atoms with van der Waals surface area (Å²) in [6.07, 6.45) is 4.94. The fourth-order valence-electron chi connectivity index (χ4n) is 8.75. The molecule has 6 aromatic carbocycles. The molecule has 2 aliphatic rings. The minimum atomic E-state index is -0.438. The van der Waals surface area contributed by atoms with Crippen LogP contribution < -0.4 is 0 Å². The number of fused-ring (bicyclic) bond motifs is 4. The third-order valence-electron chi connectivity index (χ3n) is 11.2. The number of hydrogen-bond donors (Lipinski definition) is 0. The first-order valence-electron chi connectivity index (χ1n) is 17.9. The van der Waals surface area contributed by atoms with Gasteiger partial charge in [-0.3, -0.25) is 0 Å². The van der Waals surface area contributed by atoms with E-state index < -0.39 is 5.41 Å². The Morgan fingerprint density at radius 1 is 0.408 bits per heavy atom. The van der Waals surface area contributed by atoms with Crippen LogP contribution in [0.3, 0.4) is 0 Å². The van der Waals surface area contributed by atoms with Crippen LogP contribution in [0.5, 0.6) is 0 Å². The Bertz CT molecular complexity index is 2070. The predicted octanol–water partition coefficient (Wildman–Crippen LogP) is 12.9. The molecular weight excluding hydrogens is 589 g/mol. The van der Waals surface area contributed by atoms with E-state index in [-0.39, 0.29) is 22.7 Å². The molecule has 0 spiro atoms. The highest BCUT2D eigenvalue weighted by Crippen LogP contribution is 2.63. The monoisotopic (exact) mass is 634 g/mol. The zero-order valence-electron chi connectivity index (χ0n) is 29.7. The lowest BCUT2D eigenvalue weighted by Gasteiger charge is -2.46. The van der Waals surface area contributed by atoms with Crippen LogP contribution in [-0.4, -0.2) is 0 Å². The van der Waals surface area contributed by atoms with Crippen LogP contribution in [0.25, 0.3) is 28.3 Å². The maximum absolute atomic E-state index is 2.55. The van der Waals surface area contributed by atoms with Gasteiger partial charge >= 0.3 is 0 Å². The molecule has 49 heavy (non-hydrogen) atoms. The van der Waals surface area contributed by atoms with Crippen LogP contribution in [0.4, 0.5) is 0 Å². The highest BCUT2D eigenvalue weighted by molar-refractivity contribution is 5.85. The average Bonchev–Trinajstić information content (AvgIpc) is 3.69. The van der Waals surface area contributed by atoms with Gasteiger partial charge in [0.25, 0.3) is 0 Å². The lowest BCUT2D eigenvalue weighted by molar-refractivity contribution is 0.415.